The molecule has 6 heteroatoms. The van der Waals surface area contributed by atoms with Crippen LogP contribution in [0.2, 0.25) is 0 Å². The van der Waals surface area contributed by atoms with E-state index in [-0.39, 0.29) is 11.1 Å². The van der Waals surface area contributed by atoms with Crippen molar-refractivity contribution in [3.8, 4) is 11.4 Å². The summed E-state index contributed by atoms with van der Waals surface area (Å²) in [5.41, 5.74) is 8.26. The molecule has 0 radical (unpaired) electrons. The Morgan fingerprint density at radius 2 is 2.00 bits per heavy atom. The van der Waals surface area contributed by atoms with Crippen LogP contribution in [0.5, 0.6) is 5.75 Å². The summed E-state index contributed by atoms with van der Waals surface area (Å²) in [7, 11) is 0. The third-order valence-electron chi connectivity index (χ3n) is 6.66. The number of rotatable bonds is 5. The Balaban J connectivity index is 1.28. The standard InChI is InChI=1S/C25H28N4O2/c26-25-12-5-4-8-20(25)16-28(18-25)23-10-9-21(15-27-23)29-13-11-22(14-24(29)30)31-17-19-6-2-1-3-7-19/h1-3,6-7,9-11,13-15,20H,4-5,8,12,16-18,26H2/t20?,25-/m0/s1. The molecule has 2 fully saturated rings. The van der Waals surface area contributed by atoms with Crippen LogP contribution in [0.3, 0.4) is 0 Å². The van der Waals surface area contributed by atoms with Gasteiger partial charge in [0.05, 0.1) is 11.9 Å². The van der Waals surface area contributed by atoms with Gasteiger partial charge in [-0.3, -0.25) is 9.36 Å². The number of hydrogen-bond acceptors (Lipinski definition) is 5. The van der Waals surface area contributed by atoms with Crippen LogP contribution in [0.4, 0.5) is 5.82 Å². The second-order valence-corrected chi connectivity index (χ2v) is 8.78. The number of ether oxygens (including phenoxy) is 1. The van der Waals surface area contributed by atoms with E-state index < -0.39 is 0 Å². The molecule has 1 saturated carbocycles. The number of hydrogen-bond donors (Lipinski definition) is 1. The Bertz CT molecular complexity index is 1100. The lowest BCUT2D eigenvalue weighted by Gasteiger charge is -2.34. The first-order valence-electron chi connectivity index (χ1n) is 11.0. The predicted octanol–water partition coefficient (Wildman–Crippen LogP) is 3.52. The molecule has 1 aliphatic carbocycles. The van der Waals surface area contributed by atoms with Gasteiger partial charge >= 0.3 is 0 Å². The van der Waals surface area contributed by atoms with Crippen molar-refractivity contribution >= 4 is 5.82 Å². The lowest BCUT2D eigenvalue weighted by atomic mass is 9.76. The van der Waals surface area contributed by atoms with Crippen molar-refractivity contribution in [2.75, 3.05) is 18.0 Å². The van der Waals surface area contributed by atoms with Crippen LogP contribution in [0, 0.1) is 5.92 Å². The molecule has 6 nitrogen and oxygen atoms in total. The highest BCUT2D eigenvalue weighted by Crippen LogP contribution is 2.39. The van der Waals surface area contributed by atoms with E-state index in [1.807, 2.05) is 48.5 Å². The summed E-state index contributed by atoms with van der Waals surface area (Å²) in [5.74, 6) is 2.04. The van der Waals surface area contributed by atoms with Crippen LogP contribution in [0.25, 0.3) is 5.69 Å². The van der Waals surface area contributed by atoms with Crippen molar-refractivity contribution < 1.29 is 4.74 Å². The van der Waals surface area contributed by atoms with E-state index in [0.29, 0.717) is 18.3 Å². The Morgan fingerprint density at radius 1 is 1.13 bits per heavy atom. The SMILES string of the molecule is N[C@]12CCCCC1CN(c1ccc(-n3ccc(OCc4ccccc4)cc3=O)cn1)C2. The molecule has 1 saturated heterocycles. The minimum Gasteiger partial charge on any atom is -0.489 e. The van der Waals surface area contributed by atoms with Gasteiger partial charge < -0.3 is 15.4 Å². The maximum absolute atomic E-state index is 12.6. The van der Waals surface area contributed by atoms with E-state index >= 15 is 0 Å². The molecule has 31 heavy (non-hydrogen) atoms. The van der Waals surface area contributed by atoms with Gasteiger partial charge in [-0.25, -0.2) is 4.98 Å². The molecule has 1 aliphatic heterocycles. The van der Waals surface area contributed by atoms with Crippen molar-refractivity contribution in [3.63, 3.8) is 0 Å². The summed E-state index contributed by atoms with van der Waals surface area (Å²) in [6, 6.07) is 17.2. The molecule has 5 rings (SSSR count). The third kappa shape index (κ3) is 4.08. The quantitative estimate of drug-likeness (QED) is 0.689. The zero-order valence-corrected chi connectivity index (χ0v) is 17.6. The molecule has 0 bridgehead atoms. The van der Waals surface area contributed by atoms with Crippen molar-refractivity contribution in [2.45, 2.75) is 37.8 Å². The second kappa shape index (κ2) is 8.19. The summed E-state index contributed by atoms with van der Waals surface area (Å²) in [6.45, 7) is 2.26. The Hall–Kier alpha value is -3.12. The average Bonchev–Trinajstić information content (AvgIpc) is 3.16. The minimum absolute atomic E-state index is 0.0783. The van der Waals surface area contributed by atoms with Crippen molar-refractivity contribution in [1.29, 1.82) is 0 Å². The molecule has 0 amide bonds. The zero-order chi connectivity index (χ0) is 21.3. The van der Waals surface area contributed by atoms with E-state index in [2.05, 4.69) is 9.88 Å². The van der Waals surface area contributed by atoms with Crippen molar-refractivity contribution in [1.82, 2.24) is 9.55 Å². The van der Waals surface area contributed by atoms with Gasteiger partial charge in [-0.1, -0.05) is 43.2 Å². The Labute approximate surface area is 182 Å². The molecule has 2 atom stereocenters. The molecule has 1 aromatic carbocycles. The Kier molecular flexibility index (Phi) is 5.24. The monoisotopic (exact) mass is 416 g/mol. The van der Waals surface area contributed by atoms with Gasteiger partial charge in [0.25, 0.3) is 5.56 Å². The van der Waals surface area contributed by atoms with E-state index in [0.717, 1.165) is 36.6 Å². The van der Waals surface area contributed by atoms with Crippen molar-refractivity contribution in [2.24, 2.45) is 11.7 Å². The van der Waals surface area contributed by atoms with Gasteiger partial charge in [0.2, 0.25) is 0 Å². The molecule has 3 aromatic rings. The maximum Gasteiger partial charge on any atom is 0.258 e. The van der Waals surface area contributed by atoms with Gasteiger partial charge in [-0.15, -0.1) is 0 Å². The van der Waals surface area contributed by atoms with Crippen LogP contribution in [-0.2, 0) is 6.61 Å². The normalized spacial score (nSPS) is 22.9. The molecule has 160 valence electrons. The molecule has 3 heterocycles. The van der Waals surface area contributed by atoms with Gasteiger partial charge in [0.15, 0.2) is 0 Å². The van der Waals surface area contributed by atoms with E-state index in [4.69, 9.17) is 10.5 Å². The fraction of sp³-hybridized carbons (Fsp3) is 0.360. The first-order valence-corrected chi connectivity index (χ1v) is 11.0. The fourth-order valence-electron chi connectivity index (χ4n) is 4.89. The van der Waals surface area contributed by atoms with Crippen LogP contribution >= 0.6 is 0 Å². The zero-order valence-electron chi connectivity index (χ0n) is 17.6. The number of aromatic nitrogens is 2. The van der Waals surface area contributed by atoms with Crippen LogP contribution in [0.15, 0.2) is 71.8 Å². The number of fused-ring (bicyclic) bond motifs is 1. The number of anilines is 1. The first kappa shape index (κ1) is 19.8. The van der Waals surface area contributed by atoms with Gasteiger partial charge in [0.1, 0.15) is 18.2 Å². The van der Waals surface area contributed by atoms with Gasteiger partial charge in [-0.05, 0) is 42.5 Å². The second-order valence-electron chi connectivity index (χ2n) is 8.78. The van der Waals surface area contributed by atoms with Gasteiger partial charge in [0, 0.05) is 30.9 Å². The highest BCUT2D eigenvalue weighted by Gasteiger charge is 2.45. The number of nitrogens with zero attached hydrogens (tertiary/aromatic N) is 3. The average molecular weight is 417 g/mol. The minimum atomic E-state index is -0.145. The number of pyridine rings is 2. The summed E-state index contributed by atoms with van der Waals surface area (Å²) in [6.07, 6.45) is 8.30. The topological polar surface area (TPSA) is 73.4 Å². The summed E-state index contributed by atoms with van der Waals surface area (Å²) < 4.78 is 7.34. The molecule has 1 unspecified atom stereocenters. The number of benzene rings is 1. The van der Waals surface area contributed by atoms with E-state index in [9.17, 15) is 4.79 Å². The molecule has 2 aliphatic rings. The summed E-state index contributed by atoms with van der Waals surface area (Å²) in [4.78, 5) is 19.6. The molecule has 2 aromatic heterocycles. The van der Waals surface area contributed by atoms with Crippen LogP contribution < -0.4 is 20.9 Å². The highest BCUT2D eigenvalue weighted by molar-refractivity contribution is 5.46. The number of nitrogens with two attached hydrogens (primary N) is 1. The van der Waals surface area contributed by atoms with E-state index in [1.165, 1.54) is 25.3 Å². The lowest BCUT2D eigenvalue weighted by Crippen LogP contribution is -2.49. The largest absolute Gasteiger partial charge is 0.489 e. The Morgan fingerprint density at radius 3 is 2.74 bits per heavy atom. The summed E-state index contributed by atoms with van der Waals surface area (Å²) in [5, 5.41) is 0. The smallest absolute Gasteiger partial charge is 0.258 e. The maximum atomic E-state index is 12.6. The summed E-state index contributed by atoms with van der Waals surface area (Å²) >= 11 is 0. The highest BCUT2D eigenvalue weighted by atomic mass is 16.5. The predicted molar refractivity (Wildman–Crippen MR) is 122 cm³/mol. The van der Waals surface area contributed by atoms with Gasteiger partial charge in [-0.2, -0.15) is 0 Å². The van der Waals surface area contributed by atoms with Crippen LogP contribution in [-0.4, -0.2) is 28.2 Å². The molecular weight excluding hydrogens is 388 g/mol. The van der Waals surface area contributed by atoms with E-state index in [1.54, 1.807) is 17.0 Å². The first-order chi connectivity index (χ1) is 15.1. The molecule has 0 spiro atoms. The fourth-order valence-corrected chi connectivity index (χ4v) is 4.89. The van der Waals surface area contributed by atoms with Crippen LogP contribution in [0.1, 0.15) is 31.2 Å². The van der Waals surface area contributed by atoms with Crippen molar-refractivity contribution in [3.05, 3.63) is 82.9 Å². The molecule has 2 N–H and O–H groups in total. The lowest BCUT2D eigenvalue weighted by molar-refractivity contribution is 0.247. The third-order valence-corrected chi connectivity index (χ3v) is 6.66. The molecular formula is C25H28N4O2.